The predicted molar refractivity (Wildman–Crippen MR) is 56.6 cm³/mol. The van der Waals surface area contributed by atoms with E-state index in [9.17, 15) is 0 Å². The highest BCUT2D eigenvalue weighted by Crippen LogP contribution is 2.33. The van der Waals surface area contributed by atoms with E-state index in [2.05, 4.69) is 0 Å². The van der Waals surface area contributed by atoms with Gasteiger partial charge in [-0.25, -0.2) is 0 Å². The number of methoxy groups -OCH3 is 1. The molecule has 4 heteroatoms. The molecule has 0 amide bonds. The summed E-state index contributed by atoms with van der Waals surface area (Å²) in [5.74, 6) is 0.521. The molecule has 0 bridgehead atoms. The number of rotatable bonds is 3. The van der Waals surface area contributed by atoms with E-state index in [1.165, 1.54) is 7.11 Å². The summed E-state index contributed by atoms with van der Waals surface area (Å²) in [6.07, 6.45) is 0. The summed E-state index contributed by atoms with van der Waals surface area (Å²) in [6.45, 7) is 1.56. The first-order chi connectivity index (χ1) is 6.53. The Balaban J connectivity index is 3.27. The van der Waals surface area contributed by atoms with Crippen LogP contribution in [-0.2, 0) is 5.54 Å². The lowest BCUT2D eigenvalue weighted by molar-refractivity contribution is 0.206. The first kappa shape index (κ1) is 11.3. The molecule has 0 aromatic heterocycles. The Hall–Kier alpha value is -0.770. The number of hydrogen-bond acceptors (Lipinski definition) is 3. The van der Waals surface area contributed by atoms with Crippen LogP contribution in [0.15, 0.2) is 18.2 Å². The summed E-state index contributed by atoms with van der Waals surface area (Å²) in [5, 5.41) is 9.63. The normalized spacial score (nSPS) is 14.9. The molecule has 0 aliphatic rings. The zero-order chi connectivity index (χ0) is 10.8. The van der Waals surface area contributed by atoms with E-state index in [1.807, 2.05) is 0 Å². The predicted octanol–water partition coefficient (Wildman–Crippen LogP) is 1.51. The molecule has 0 fully saturated rings. The monoisotopic (exact) mass is 215 g/mol. The maximum Gasteiger partial charge on any atom is 0.142 e. The molecule has 0 saturated heterocycles. The van der Waals surface area contributed by atoms with Crippen LogP contribution >= 0.6 is 11.6 Å². The first-order valence-corrected chi connectivity index (χ1v) is 4.63. The summed E-state index contributed by atoms with van der Waals surface area (Å²) in [4.78, 5) is 0. The van der Waals surface area contributed by atoms with Gasteiger partial charge in [-0.3, -0.25) is 0 Å². The maximum atomic E-state index is 9.13. The smallest absolute Gasteiger partial charge is 0.142 e. The van der Waals surface area contributed by atoms with Gasteiger partial charge in [0, 0.05) is 5.56 Å². The number of hydrogen-bond donors (Lipinski definition) is 2. The molecule has 1 rings (SSSR count). The van der Waals surface area contributed by atoms with Crippen molar-refractivity contribution in [3.63, 3.8) is 0 Å². The van der Waals surface area contributed by atoms with Crippen molar-refractivity contribution < 1.29 is 9.84 Å². The lowest BCUT2D eigenvalue weighted by Gasteiger charge is -2.24. The van der Waals surface area contributed by atoms with Crippen molar-refractivity contribution >= 4 is 11.6 Å². The number of halogens is 1. The standard InChI is InChI=1S/C10H14ClNO2/c1-10(12,6-13)7-4-3-5-8(11)9(7)14-2/h3-5,13H,6,12H2,1-2H3. The minimum atomic E-state index is -0.837. The van der Waals surface area contributed by atoms with Crippen molar-refractivity contribution in [2.45, 2.75) is 12.5 Å². The van der Waals surface area contributed by atoms with Crippen LogP contribution in [-0.4, -0.2) is 18.8 Å². The highest BCUT2D eigenvalue weighted by atomic mass is 35.5. The van der Waals surface area contributed by atoms with Crippen LogP contribution in [0.4, 0.5) is 0 Å². The molecule has 0 radical (unpaired) electrons. The summed E-state index contributed by atoms with van der Waals surface area (Å²) in [6, 6.07) is 5.29. The minimum Gasteiger partial charge on any atom is -0.495 e. The second-order valence-electron chi connectivity index (χ2n) is 3.40. The first-order valence-electron chi connectivity index (χ1n) is 4.25. The zero-order valence-corrected chi connectivity index (χ0v) is 9.01. The van der Waals surface area contributed by atoms with Gasteiger partial charge in [-0.05, 0) is 13.0 Å². The van der Waals surface area contributed by atoms with E-state index in [0.717, 1.165) is 0 Å². The van der Waals surface area contributed by atoms with Crippen molar-refractivity contribution in [2.24, 2.45) is 5.73 Å². The molecule has 3 nitrogen and oxygen atoms in total. The van der Waals surface area contributed by atoms with Crippen LogP contribution in [0.3, 0.4) is 0 Å². The molecule has 0 aliphatic carbocycles. The summed E-state index contributed by atoms with van der Waals surface area (Å²) in [5.41, 5.74) is 5.76. The molecule has 1 unspecified atom stereocenters. The van der Waals surface area contributed by atoms with Crippen molar-refractivity contribution in [2.75, 3.05) is 13.7 Å². The molecule has 0 aliphatic heterocycles. The maximum absolute atomic E-state index is 9.13. The third-order valence-corrected chi connectivity index (χ3v) is 2.41. The van der Waals surface area contributed by atoms with Crippen LogP contribution in [0, 0.1) is 0 Å². The molecule has 0 saturated carbocycles. The van der Waals surface area contributed by atoms with Crippen LogP contribution in [0.25, 0.3) is 0 Å². The van der Waals surface area contributed by atoms with Crippen LogP contribution in [0.1, 0.15) is 12.5 Å². The molecule has 0 heterocycles. The fraction of sp³-hybridized carbons (Fsp3) is 0.400. The molecule has 3 N–H and O–H groups in total. The van der Waals surface area contributed by atoms with Crippen LogP contribution in [0.2, 0.25) is 5.02 Å². The Kier molecular flexibility index (Phi) is 3.37. The fourth-order valence-electron chi connectivity index (χ4n) is 1.25. The molecule has 1 aromatic rings. The fourth-order valence-corrected chi connectivity index (χ4v) is 1.50. The highest BCUT2D eigenvalue weighted by molar-refractivity contribution is 6.32. The van der Waals surface area contributed by atoms with Crippen LogP contribution < -0.4 is 10.5 Å². The van der Waals surface area contributed by atoms with Gasteiger partial charge in [0.15, 0.2) is 0 Å². The van der Waals surface area contributed by atoms with Gasteiger partial charge in [0.25, 0.3) is 0 Å². The lowest BCUT2D eigenvalue weighted by Crippen LogP contribution is -2.37. The second-order valence-corrected chi connectivity index (χ2v) is 3.80. The average molecular weight is 216 g/mol. The summed E-state index contributed by atoms with van der Waals surface area (Å²) in [7, 11) is 1.53. The average Bonchev–Trinajstić information content (AvgIpc) is 2.17. The Bertz CT molecular complexity index is 326. The van der Waals surface area contributed by atoms with E-state index < -0.39 is 5.54 Å². The van der Waals surface area contributed by atoms with Gasteiger partial charge < -0.3 is 15.6 Å². The van der Waals surface area contributed by atoms with Gasteiger partial charge in [-0.1, -0.05) is 23.7 Å². The molecule has 1 aromatic carbocycles. The van der Waals surface area contributed by atoms with Gasteiger partial charge in [0.1, 0.15) is 5.75 Å². The second kappa shape index (κ2) is 4.17. The minimum absolute atomic E-state index is 0.163. The Morgan fingerprint density at radius 2 is 2.21 bits per heavy atom. The van der Waals surface area contributed by atoms with Gasteiger partial charge in [-0.15, -0.1) is 0 Å². The van der Waals surface area contributed by atoms with Crippen LogP contribution in [0.5, 0.6) is 5.75 Å². The lowest BCUT2D eigenvalue weighted by atomic mass is 9.93. The highest BCUT2D eigenvalue weighted by Gasteiger charge is 2.25. The summed E-state index contributed by atoms with van der Waals surface area (Å²) < 4.78 is 5.14. The van der Waals surface area contributed by atoms with Gasteiger partial charge in [0.05, 0.1) is 24.3 Å². The summed E-state index contributed by atoms with van der Waals surface area (Å²) >= 11 is 5.93. The SMILES string of the molecule is COc1c(Cl)cccc1C(C)(N)CO. The quantitative estimate of drug-likeness (QED) is 0.804. The van der Waals surface area contributed by atoms with E-state index in [1.54, 1.807) is 25.1 Å². The van der Waals surface area contributed by atoms with Crippen molar-refractivity contribution in [3.8, 4) is 5.75 Å². The molecular weight excluding hydrogens is 202 g/mol. The molecular formula is C10H14ClNO2. The molecule has 78 valence electrons. The van der Waals surface area contributed by atoms with Crippen molar-refractivity contribution in [1.29, 1.82) is 0 Å². The molecule has 14 heavy (non-hydrogen) atoms. The number of aliphatic hydroxyl groups excluding tert-OH is 1. The van der Waals surface area contributed by atoms with Gasteiger partial charge >= 0.3 is 0 Å². The molecule has 0 spiro atoms. The largest absolute Gasteiger partial charge is 0.495 e. The van der Waals surface area contributed by atoms with E-state index in [4.69, 9.17) is 27.2 Å². The third kappa shape index (κ3) is 2.00. The topological polar surface area (TPSA) is 55.5 Å². The molecule has 1 atom stereocenters. The van der Waals surface area contributed by atoms with Crippen molar-refractivity contribution in [1.82, 2.24) is 0 Å². The Labute approximate surface area is 88.4 Å². The van der Waals surface area contributed by atoms with Crippen molar-refractivity contribution in [3.05, 3.63) is 28.8 Å². The zero-order valence-electron chi connectivity index (χ0n) is 8.25. The van der Waals surface area contributed by atoms with Gasteiger partial charge in [-0.2, -0.15) is 0 Å². The third-order valence-electron chi connectivity index (χ3n) is 2.11. The van der Waals surface area contributed by atoms with E-state index in [-0.39, 0.29) is 6.61 Å². The van der Waals surface area contributed by atoms with Gasteiger partial charge in [0.2, 0.25) is 0 Å². The van der Waals surface area contributed by atoms with E-state index in [0.29, 0.717) is 16.3 Å². The number of benzene rings is 1. The number of nitrogens with two attached hydrogens (primary N) is 1. The number of aliphatic hydroxyl groups is 1. The Morgan fingerprint density at radius 1 is 1.57 bits per heavy atom. The number of ether oxygens (including phenoxy) is 1. The Morgan fingerprint density at radius 3 is 2.71 bits per heavy atom. The number of para-hydroxylation sites is 1. The van der Waals surface area contributed by atoms with E-state index >= 15 is 0 Å².